The average Bonchev–Trinajstić information content (AvgIpc) is 3.14. The number of hydrogen-bond acceptors (Lipinski definition) is 7. The van der Waals surface area contributed by atoms with Gasteiger partial charge in [-0.2, -0.15) is 0 Å². The normalized spacial score (nSPS) is 43.1. The number of hydrogen-bond donors (Lipinski definition) is 0. The summed E-state index contributed by atoms with van der Waals surface area (Å²) in [6.45, 7) is 19.3. The maximum atomic E-state index is 13.8. The topological polar surface area (TPSA) is 88.1 Å². The van der Waals surface area contributed by atoms with Crippen molar-refractivity contribution >= 4 is 34.9 Å². The van der Waals surface area contributed by atoms with Crippen LogP contribution in [0.3, 0.4) is 0 Å². The molecule has 9 heteroatoms. The summed E-state index contributed by atoms with van der Waals surface area (Å²) in [4.78, 5) is 40.9. The zero-order chi connectivity index (χ0) is 27.8. The number of carbonyl (C=O) groups is 3. The summed E-state index contributed by atoms with van der Waals surface area (Å²) in [5, 5.41) is 0. The molecule has 4 aliphatic rings. The Morgan fingerprint density at radius 3 is 2.19 bits per heavy atom. The van der Waals surface area contributed by atoms with Gasteiger partial charge < -0.3 is 23.1 Å². The SMILES string of the molecule is C=C1C[C@]23C[C@@]1(O[Si](C)(C)C)CC[C@H]2[C@]1(C=O)C[C@H](O[Si](C)(C)C)C[C@@](C)(C(=O)OC)[C@H]1[C@@H]3C(=O)OC. The Hall–Kier alpha value is -1.30. The van der Waals surface area contributed by atoms with Crippen molar-refractivity contribution in [2.45, 2.75) is 96.4 Å². The Morgan fingerprint density at radius 1 is 1.03 bits per heavy atom. The van der Waals surface area contributed by atoms with Crippen molar-refractivity contribution in [1.82, 2.24) is 0 Å². The van der Waals surface area contributed by atoms with E-state index in [2.05, 4.69) is 45.9 Å². The van der Waals surface area contributed by atoms with Gasteiger partial charge in [0.1, 0.15) is 6.29 Å². The van der Waals surface area contributed by atoms with E-state index >= 15 is 0 Å². The third-order valence-corrected chi connectivity index (χ3v) is 11.8. The second-order valence-corrected chi connectivity index (χ2v) is 23.3. The molecule has 0 aromatic heterocycles. The molecule has 0 amide bonds. The monoisotopic (exact) mass is 550 g/mol. The van der Waals surface area contributed by atoms with Crippen molar-refractivity contribution in [2.75, 3.05) is 14.2 Å². The lowest BCUT2D eigenvalue weighted by Crippen LogP contribution is -2.57. The van der Waals surface area contributed by atoms with Gasteiger partial charge in [-0.25, -0.2) is 0 Å². The van der Waals surface area contributed by atoms with Gasteiger partial charge >= 0.3 is 11.9 Å². The maximum Gasteiger partial charge on any atom is 0.311 e. The summed E-state index contributed by atoms with van der Waals surface area (Å²) in [6.07, 6.45) is 4.48. The molecule has 4 aliphatic carbocycles. The highest BCUT2D eigenvalue weighted by atomic mass is 28.4. The molecule has 1 spiro atoms. The van der Waals surface area contributed by atoms with Crippen LogP contribution < -0.4 is 0 Å². The lowest BCUT2D eigenvalue weighted by atomic mass is 9.52. The van der Waals surface area contributed by atoms with E-state index in [1.165, 1.54) is 14.2 Å². The second-order valence-electron chi connectivity index (χ2n) is 14.4. The molecule has 0 unspecified atom stereocenters. The third-order valence-electron chi connectivity index (χ3n) is 9.78. The molecule has 37 heavy (non-hydrogen) atoms. The van der Waals surface area contributed by atoms with Crippen LogP contribution in [0.5, 0.6) is 0 Å². The van der Waals surface area contributed by atoms with Gasteiger partial charge in [0, 0.05) is 17.4 Å². The molecule has 4 fully saturated rings. The minimum atomic E-state index is -1.99. The molecule has 0 saturated heterocycles. The molecule has 2 bridgehead atoms. The molecule has 0 aromatic carbocycles. The lowest BCUT2D eigenvalue weighted by Gasteiger charge is -2.53. The predicted octanol–water partition coefficient (Wildman–Crippen LogP) is 5.12. The van der Waals surface area contributed by atoms with Crippen LogP contribution in [0.15, 0.2) is 12.2 Å². The molecule has 7 nitrogen and oxygen atoms in total. The van der Waals surface area contributed by atoms with Crippen LogP contribution in [0, 0.1) is 34.0 Å². The highest BCUT2D eigenvalue weighted by molar-refractivity contribution is 6.70. The average molecular weight is 551 g/mol. The number of ether oxygens (including phenoxy) is 2. The molecule has 0 heterocycles. The first-order valence-electron chi connectivity index (χ1n) is 13.6. The fourth-order valence-electron chi connectivity index (χ4n) is 9.32. The largest absolute Gasteiger partial charge is 0.469 e. The fourth-order valence-corrected chi connectivity index (χ4v) is 12.0. The van der Waals surface area contributed by atoms with Crippen LogP contribution >= 0.6 is 0 Å². The zero-order valence-electron chi connectivity index (χ0n) is 24.2. The van der Waals surface area contributed by atoms with Gasteiger partial charge in [-0.3, -0.25) is 9.59 Å². The van der Waals surface area contributed by atoms with Crippen LogP contribution in [0.4, 0.5) is 0 Å². The van der Waals surface area contributed by atoms with Crippen LogP contribution in [-0.4, -0.2) is 60.8 Å². The number of carbonyl (C=O) groups excluding carboxylic acids is 3. The van der Waals surface area contributed by atoms with Crippen molar-refractivity contribution in [2.24, 2.45) is 34.0 Å². The van der Waals surface area contributed by atoms with E-state index in [4.69, 9.17) is 18.3 Å². The van der Waals surface area contributed by atoms with Gasteiger partial charge in [-0.1, -0.05) is 6.58 Å². The minimum Gasteiger partial charge on any atom is -0.469 e. The Labute approximate surface area is 224 Å². The van der Waals surface area contributed by atoms with Crippen molar-refractivity contribution in [1.29, 1.82) is 0 Å². The molecule has 0 radical (unpaired) electrons. The van der Waals surface area contributed by atoms with Gasteiger partial charge in [-0.05, 0) is 102 Å². The number of rotatable bonds is 7. The summed E-state index contributed by atoms with van der Waals surface area (Å²) < 4.78 is 24.3. The van der Waals surface area contributed by atoms with Crippen LogP contribution in [0.1, 0.15) is 45.4 Å². The molecule has 0 aliphatic heterocycles. The Morgan fingerprint density at radius 2 is 1.68 bits per heavy atom. The minimum absolute atomic E-state index is 0.0961. The van der Waals surface area contributed by atoms with Gasteiger partial charge in [0.05, 0.1) is 31.2 Å². The van der Waals surface area contributed by atoms with Crippen molar-refractivity contribution in [3.8, 4) is 0 Å². The molecule has 4 rings (SSSR count). The van der Waals surface area contributed by atoms with Crippen molar-refractivity contribution < 1.29 is 32.7 Å². The third kappa shape index (κ3) is 4.23. The van der Waals surface area contributed by atoms with Crippen LogP contribution in [0.25, 0.3) is 0 Å². The van der Waals surface area contributed by atoms with Crippen LogP contribution in [0.2, 0.25) is 39.3 Å². The summed E-state index contributed by atoms with van der Waals surface area (Å²) >= 11 is 0. The molecular formula is C28H46O7Si2. The molecular weight excluding hydrogens is 504 g/mol. The van der Waals surface area contributed by atoms with E-state index in [1.54, 1.807) is 0 Å². The quantitative estimate of drug-likeness (QED) is 0.188. The number of methoxy groups -OCH3 is 2. The van der Waals surface area contributed by atoms with E-state index in [0.29, 0.717) is 25.7 Å². The summed E-state index contributed by atoms with van der Waals surface area (Å²) in [5.41, 5.74) is -2.02. The summed E-state index contributed by atoms with van der Waals surface area (Å²) in [6, 6.07) is 0. The summed E-state index contributed by atoms with van der Waals surface area (Å²) in [5.74, 6) is -2.01. The Bertz CT molecular complexity index is 999. The standard InChI is InChI=1S/C28H46O7Si2/c1-18-13-26-16-28(18,35-37(8,9)10)12-11-20(26)27(17-29)15-19(34-36(5,6)7)14-25(2,24(31)33-4)22(27)21(26)23(30)32-3/h17,19-22H,1,11-16H2,2-10H3/t19-,20-,21-,22-,25-,26+,27-,28+/m1/s1. The highest BCUT2D eigenvalue weighted by Crippen LogP contribution is 2.78. The summed E-state index contributed by atoms with van der Waals surface area (Å²) in [7, 11) is -1.15. The first-order valence-corrected chi connectivity index (χ1v) is 20.4. The Kier molecular flexibility index (Phi) is 6.87. The molecule has 0 N–H and O–H groups in total. The van der Waals surface area contributed by atoms with Gasteiger partial charge in [-0.15, -0.1) is 0 Å². The second kappa shape index (κ2) is 8.86. The number of esters is 2. The number of fused-ring (bicyclic) bond motifs is 3. The number of aldehydes is 1. The maximum absolute atomic E-state index is 13.8. The van der Waals surface area contributed by atoms with Crippen molar-refractivity contribution in [3.63, 3.8) is 0 Å². The smallest absolute Gasteiger partial charge is 0.311 e. The van der Waals surface area contributed by atoms with E-state index in [-0.39, 0.29) is 18.0 Å². The van der Waals surface area contributed by atoms with E-state index in [9.17, 15) is 14.4 Å². The highest BCUT2D eigenvalue weighted by Gasteiger charge is 2.80. The molecule has 208 valence electrons. The van der Waals surface area contributed by atoms with E-state index in [0.717, 1.165) is 24.7 Å². The van der Waals surface area contributed by atoms with Gasteiger partial charge in [0.25, 0.3) is 0 Å². The zero-order valence-corrected chi connectivity index (χ0v) is 26.2. The van der Waals surface area contributed by atoms with Crippen LogP contribution in [-0.2, 0) is 32.7 Å². The van der Waals surface area contributed by atoms with E-state index < -0.39 is 56.3 Å². The predicted molar refractivity (Wildman–Crippen MR) is 146 cm³/mol. The van der Waals surface area contributed by atoms with E-state index in [1.807, 2.05) is 6.92 Å². The Balaban J connectivity index is 1.94. The lowest BCUT2D eigenvalue weighted by molar-refractivity contribution is -0.176. The van der Waals surface area contributed by atoms with Gasteiger partial charge in [0.2, 0.25) is 0 Å². The molecule has 4 saturated carbocycles. The fraction of sp³-hybridized carbons (Fsp3) is 0.821. The first kappa shape index (κ1) is 28.7. The molecule has 0 aromatic rings. The van der Waals surface area contributed by atoms with Crippen molar-refractivity contribution in [3.05, 3.63) is 12.2 Å². The van der Waals surface area contributed by atoms with Gasteiger partial charge in [0.15, 0.2) is 16.6 Å². The first-order chi connectivity index (χ1) is 16.9. The molecule has 8 atom stereocenters.